The van der Waals surface area contributed by atoms with Crippen molar-refractivity contribution in [3.63, 3.8) is 0 Å². The van der Waals surface area contributed by atoms with Crippen LogP contribution in [-0.4, -0.2) is 42.5 Å². The Morgan fingerprint density at radius 1 is 1.24 bits per heavy atom. The van der Waals surface area contributed by atoms with Crippen molar-refractivity contribution in [2.24, 2.45) is 5.92 Å². The van der Waals surface area contributed by atoms with E-state index in [1.807, 2.05) is 36.1 Å². The quantitative estimate of drug-likeness (QED) is 0.827. The number of amides is 2. The summed E-state index contributed by atoms with van der Waals surface area (Å²) in [6, 6.07) is 8.13. The molecular weight excluding hydrogens is 316 g/mol. The molecule has 1 aromatic carbocycles. The SMILES string of the molecule is CC(=O)NC(CC(=O)N(CC1CCOC1)C1CC1)c1ccc(C)cc1. The molecule has 0 bridgehead atoms. The molecule has 1 aliphatic heterocycles. The van der Waals surface area contributed by atoms with Crippen LogP contribution in [0.5, 0.6) is 0 Å². The molecule has 25 heavy (non-hydrogen) atoms. The first kappa shape index (κ1) is 17.9. The van der Waals surface area contributed by atoms with Crippen molar-refractivity contribution in [3.05, 3.63) is 35.4 Å². The highest BCUT2D eigenvalue weighted by molar-refractivity contribution is 5.79. The van der Waals surface area contributed by atoms with Crippen molar-refractivity contribution in [2.45, 2.75) is 51.6 Å². The Hall–Kier alpha value is -1.88. The van der Waals surface area contributed by atoms with Gasteiger partial charge in [0.1, 0.15) is 0 Å². The van der Waals surface area contributed by atoms with Gasteiger partial charge in [0, 0.05) is 32.0 Å². The topological polar surface area (TPSA) is 58.6 Å². The maximum Gasteiger partial charge on any atom is 0.225 e. The van der Waals surface area contributed by atoms with E-state index in [1.165, 1.54) is 6.92 Å². The highest BCUT2D eigenvalue weighted by Gasteiger charge is 2.35. The Morgan fingerprint density at radius 3 is 2.52 bits per heavy atom. The van der Waals surface area contributed by atoms with E-state index in [2.05, 4.69) is 5.32 Å². The van der Waals surface area contributed by atoms with Gasteiger partial charge in [-0.15, -0.1) is 0 Å². The molecule has 0 radical (unpaired) electrons. The zero-order valence-electron chi connectivity index (χ0n) is 15.2. The molecule has 0 spiro atoms. The average Bonchev–Trinajstić information content (AvgIpc) is 3.28. The van der Waals surface area contributed by atoms with E-state index in [9.17, 15) is 9.59 Å². The first-order chi connectivity index (χ1) is 12.0. The van der Waals surface area contributed by atoms with Crippen molar-refractivity contribution >= 4 is 11.8 Å². The number of hydrogen-bond donors (Lipinski definition) is 1. The fourth-order valence-corrected chi connectivity index (χ4v) is 3.43. The summed E-state index contributed by atoms with van der Waals surface area (Å²) in [5.41, 5.74) is 2.14. The summed E-state index contributed by atoms with van der Waals surface area (Å²) in [6.07, 6.45) is 3.53. The molecule has 2 unspecified atom stereocenters. The number of rotatable bonds is 7. The van der Waals surface area contributed by atoms with E-state index in [4.69, 9.17) is 4.74 Å². The van der Waals surface area contributed by atoms with Crippen molar-refractivity contribution in [1.82, 2.24) is 10.2 Å². The largest absolute Gasteiger partial charge is 0.381 e. The van der Waals surface area contributed by atoms with Crippen LogP contribution in [0.25, 0.3) is 0 Å². The molecule has 2 amide bonds. The van der Waals surface area contributed by atoms with Crippen LogP contribution >= 0.6 is 0 Å². The van der Waals surface area contributed by atoms with E-state index in [1.54, 1.807) is 0 Å². The predicted octanol–water partition coefficient (Wildman–Crippen LogP) is 2.59. The second-order valence-corrected chi connectivity index (χ2v) is 7.37. The fraction of sp³-hybridized carbons (Fsp3) is 0.600. The van der Waals surface area contributed by atoms with Gasteiger partial charge in [0.15, 0.2) is 0 Å². The van der Waals surface area contributed by atoms with Crippen LogP contribution in [0.1, 0.15) is 49.8 Å². The summed E-state index contributed by atoms with van der Waals surface area (Å²) in [6.45, 7) is 5.87. The normalized spacial score (nSPS) is 21.0. The fourth-order valence-electron chi connectivity index (χ4n) is 3.43. The minimum atomic E-state index is -0.272. The molecule has 1 aliphatic carbocycles. The van der Waals surface area contributed by atoms with E-state index < -0.39 is 0 Å². The maximum absolute atomic E-state index is 13.0. The molecule has 1 saturated heterocycles. The second kappa shape index (κ2) is 8.00. The number of aryl methyl sites for hydroxylation is 1. The smallest absolute Gasteiger partial charge is 0.225 e. The van der Waals surface area contributed by atoms with E-state index in [-0.39, 0.29) is 17.9 Å². The van der Waals surface area contributed by atoms with E-state index in [0.717, 1.165) is 50.1 Å². The van der Waals surface area contributed by atoms with Gasteiger partial charge in [0.05, 0.1) is 19.1 Å². The number of benzene rings is 1. The Balaban J connectivity index is 1.68. The third-order valence-corrected chi connectivity index (χ3v) is 5.02. The molecule has 3 rings (SSSR count). The van der Waals surface area contributed by atoms with Crippen molar-refractivity contribution in [1.29, 1.82) is 0 Å². The van der Waals surface area contributed by atoms with Crippen LogP contribution in [-0.2, 0) is 14.3 Å². The van der Waals surface area contributed by atoms with Gasteiger partial charge in [-0.2, -0.15) is 0 Å². The number of carbonyl (C=O) groups is 2. The Labute approximate surface area is 149 Å². The number of carbonyl (C=O) groups excluding carboxylic acids is 2. The Bertz CT molecular complexity index is 604. The van der Waals surface area contributed by atoms with Crippen LogP contribution in [0.4, 0.5) is 0 Å². The number of hydrogen-bond acceptors (Lipinski definition) is 3. The summed E-state index contributed by atoms with van der Waals surface area (Å²) in [4.78, 5) is 26.6. The summed E-state index contributed by atoms with van der Waals surface area (Å²) in [7, 11) is 0. The van der Waals surface area contributed by atoms with Crippen LogP contribution in [0, 0.1) is 12.8 Å². The predicted molar refractivity (Wildman–Crippen MR) is 96.0 cm³/mol. The third kappa shape index (κ3) is 5.05. The van der Waals surface area contributed by atoms with E-state index in [0.29, 0.717) is 18.4 Å². The monoisotopic (exact) mass is 344 g/mol. The van der Waals surface area contributed by atoms with Crippen LogP contribution in [0.2, 0.25) is 0 Å². The second-order valence-electron chi connectivity index (χ2n) is 7.37. The number of ether oxygens (including phenoxy) is 1. The molecule has 1 heterocycles. The molecule has 1 aromatic rings. The summed E-state index contributed by atoms with van der Waals surface area (Å²) in [5, 5.41) is 2.94. The van der Waals surface area contributed by atoms with Gasteiger partial charge in [0.2, 0.25) is 11.8 Å². The van der Waals surface area contributed by atoms with Crippen LogP contribution in [0.3, 0.4) is 0 Å². The van der Waals surface area contributed by atoms with Gasteiger partial charge in [-0.3, -0.25) is 9.59 Å². The summed E-state index contributed by atoms with van der Waals surface area (Å²) in [5.74, 6) is 0.470. The first-order valence-corrected chi connectivity index (χ1v) is 9.24. The molecule has 1 saturated carbocycles. The Morgan fingerprint density at radius 2 is 1.96 bits per heavy atom. The molecule has 5 heteroatoms. The molecule has 136 valence electrons. The molecule has 5 nitrogen and oxygen atoms in total. The van der Waals surface area contributed by atoms with Gasteiger partial charge in [-0.1, -0.05) is 29.8 Å². The van der Waals surface area contributed by atoms with Gasteiger partial charge in [-0.05, 0) is 31.7 Å². The molecular formula is C20H28N2O3. The maximum atomic E-state index is 13.0. The van der Waals surface area contributed by atoms with Crippen molar-refractivity contribution in [3.8, 4) is 0 Å². The first-order valence-electron chi connectivity index (χ1n) is 9.24. The molecule has 1 N–H and O–H groups in total. The van der Waals surface area contributed by atoms with Gasteiger partial charge < -0.3 is 15.0 Å². The van der Waals surface area contributed by atoms with Gasteiger partial charge >= 0.3 is 0 Å². The summed E-state index contributed by atoms with van der Waals surface area (Å²) < 4.78 is 5.46. The van der Waals surface area contributed by atoms with Crippen molar-refractivity contribution in [2.75, 3.05) is 19.8 Å². The molecule has 0 aromatic heterocycles. The van der Waals surface area contributed by atoms with E-state index >= 15 is 0 Å². The lowest BCUT2D eigenvalue weighted by atomic mass is 10.0. The number of nitrogens with zero attached hydrogens (tertiary/aromatic N) is 1. The molecule has 2 atom stereocenters. The zero-order chi connectivity index (χ0) is 17.8. The standard InChI is InChI=1S/C20H28N2O3/c1-14-3-5-17(6-4-14)19(21-15(2)23)11-20(24)22(18-7-8-18)12-16-9-10-25-13-16/h3-6,16,18-19H,7-13H2,1-2H3,(H,21,23). The average molecular weight is 344 g/mol. The highest BCUT2D eigenvalue weighted by Crippen LogP contribution is 2.31. The minimum Gasteiger partial charge on any atom is -0.381 e. The van der Waals surface area contributed by atoms with Crippen LogP contribution < -0.4 is 5.32 Å². The zero-order valence-corrected chi connectivity index (χ0v) is 15.2. The Kier molecular flexibility index (Phi) is 5.74. The number of nitrogens with one attached hydrogen (secondary N) is 1. The third-order valence-electron chi connectivity index (χ3n) is 5.02. The highest BCUT2D eigenvalue weighted by atomic mass is 16.5. The lowest BCUT2D eigenvalue weighted by Gasteiger charge is -2.28. The van der Waals surface area contributed by atoms with Crippen LogP contribution in [0.15, 0.2) is 24.3 Å². The minimum absolute atomic E-state index is 0.111. The summed E-state index contributed by atoms with van der Waals surface area (Å²) >= 11 is 0. The molecule has 2 aliphatic rings. The lowest BCUT2D eigenvalue weighted by Crippen LogP contribution is -2.40. The van der Waals surface area contributed by atoms with Gasteiger partial charge in [0.25, 0.3) is 0 Å². The van der Waals surface area contributed by atoms with Gasteiger partial charge in [-0.25, -0.2) is 0 Å². The lowest BCUT2D eigenvalue weighted by molar-refractivity contribution is -0.133. The van der Waals surface area contributed by atoms with Crippen molar-refractivity contribution < 1.29 is 14.3 Å². The molecule has 2 fully saturated rings.